The zero-order chi connectivity index (χ0) is 15.4. The monoisotopic (exact) mass is 299 g/mol. The van der Waals surface area contributed by atoms with Gasteiger partial charge in [0.2, 0.25) is 0 Å². The minimum absolute atomic E-state index is 0.0519. The van der Waals surface area contributed by atoms with Crippen LogP contribution in [-0.4, -0.2) is 48.0 Å². The third-order valence-electron chi connectivity index (χ3n) is 3.59. The molecule has 0 bridgehead atoms. The summed E-state index contributed by atoms with van der Waals surface area (Å²) < 4.78 is 29.5. The van der Waals surface area contributed by atoms with Crippen molar-refractivity contribution >= 4 is 5.91 Å². The molecule has 0 saturated carbocycles. The Kier molecular flexibility index (Phi) is 5.06. The molecule has 1 fully saturated rings. The van der Waals surface area contributed by atoms with Crippen LogP contribution in [0.1, 0.15) is 23.8 Å². The Morgan fingerprint density at radius 2 is 2.38 bits per heavy atom. The number of ether oxygens (including phenoxy) is 1. The van der Waals surface area contributed by atoms with Crippen LogP contribution in [0.3, 0.4) is 0 Å². The molecule has 21 heavy (non-hydrogen) atoms. The number of amides is 1. The van der Waals surface area contributed by atoms with Crippen LogP contribution in [-0.2, 0) is 0 Å². The van der Waals surface area contributed by atoms with E-state index in [4.69, 9.17) is 10.5 Å². The quantitative estimate of drug-likeness (QED) is 0.895. The number of nitrogens with two attached hydrogens (primary N) is 1. The van der Waals surface area contributed by atoms with E-state index >= 15 is 0 Å². The molecule has 7 heteroatoms. The summed E-state index contributed by atoms with van der Waals surface area (Å²) in [6.45, 7) is 2.26. The summed E-state index contributed by atoms with van der Waals surface area (Å²) in [5.74, 6) is 0.0487. The molecule has 2 unspecified atom stereocenters. The number of hydrogen-bond donors (Lipinski definition) is 1. The van der Waals surface area contributed by atoms with Crippen LogP contribution in [0.5, 0.6) is 5.75 Å². The molecule has 0 radical (unpaired) electrons. The summed E-state index contributed by atoms with van der Waals surface area (Å²) in [6.07, 6.45) is -0.313. The van der Waals surface area contributed by atoms with Crippen molar-refractivity contribution in [3.8, 4) is 5.75 Å². The first-order valence-corrected chi connectivity index (χ1v) is 6.90. The number of carbonyl (C=O) groups excluding carboxylic acids is 1. The molecule has 1 aliphatic rings. The highest BCUT2D eigenvalue weighted by atomic mass is 19.3. The first kappa shape index (κ1) is 15.6. The lowest BCUT2D eigenvalue weighted by atomic mass is 10.1. The number of rotatable bonds is 5. The molecule has 1 aromatic heterocycles. The van der Waals surface area contributed by atoms with Crippen molar-refractivity contribution in [2.75, 3.05) is 19.7 Å². The molecular weight excluding hydrogens is 280 g/mol. The highest BCUT2D eigenvalue weighted by Crippen LogP contribution is 2.26. The van der Waals surface area contributed by atoms with E-state index in [9.17, 15) is 13.6 Å². The molecule has 2 atom stereocenters. The highest BCUT2D eigenvalue weighted by molar-refractivity contribution is 5.95. The predicted molar refractivity (Wildman–Crippen MR) is 73.4 cm³/mol. The van der Waals surface area contributed by atoms with Gasteiger partial charge in [-0.3, -0.25) is 4.79 Å². The fraction of sp³-hybridized carbons (Fsp3) is 0.571. The van der Waals surface area contributed by atoms with Gasteiger partial charge in [-0.1, -0.05) is 0 Å². The number of alkyl halides is 2. The lowest BCUT2D eigenvalue weighted by Gasteiger charge is -2.22. The van der Waals surface area contributed by atoms with Crippen molar-refractivity contribution in [1.29, 1.82) is 0 Å². The third-order valence-corrected chi connectivity index (χ3v) is 3.59. The summed E-state index contributed by atoms with van der Waals surface area (Å²) in [6, 6.07) is 3.08. The summed E-state index contributed by atoms with van der Waals surface area (Å²) in [4.78, 5) is 18.2. The first-order valence-electron chi connectivity index (χ1n) is 6.90. The Balaban J connectivity index is 2.15. The fourth-order valence-electron chi connectivity index (χ4n) is 2.55. The zero-order valence-electron chi connectivity index (χ0n) is 11.8. The number of halogens is 2. The molecule has 1 amide bonds. The molecule has 2 N–H and O–H groups in total. The van der Waals surface area contributed by atoms with Crippen LogP contribution in [0.25, 0.3) is 0 Å². The molecule has 5 nitrogen and oxygen atoms in total. The summed E-state index contributed by atoms with van der Waals surface area (Å²) in [5, 5.41) is 0. The zero-order valence-corrected chi connectivity index (χ0v) is 11.8. The fourth-order valence-corrected chi connectivity index (χ4v) is 2.55. The van der Waals surface area contributed by atoms with Gasteiger partial charge in [0.25, 0.3) is 12.3 Å². The molecule has 2 heterocycles. The van der Waals surface area contributed by atoms with Gasteiger partial charge in [-0.15, -0.1) is 0 Å². The molecule has 0 aliphatic carbocycles. The van der Waals surface area contributed by atoms with Gasteiger partial charge in [0.1, 0.15) is 6.61 Å². The van der Waals surface area contributed by atoms with E-state index in [-0.39, 0.29) is 29.3 Å². The van der Waals surface area contributed by atoms with Gasteiger partial charge in [-0.2, -0.15) is 0 Å². The maximum absolute atomic E-state index is 12.5. The second kappa shape index (κ2) is 6.80. The Hall–Kier alpha value is -1.76. The normalized spacial score (nSPS) is 21.9. The number of carbonyl (C=O) groups is 1. The third kappa shape index (κ3) is 3.66. The summed E-state index contributed by atoms with van der Waals surface area (Å²) in [7, 11) is 0. The predicted octanol–water partition coefficient (Wildman–Crippen LogP) is 1.53. The lowest BCUT2D eigenvalue weighted by molar-refractivity contribution is 0.0695. The minimum Gasteiger partial charge on any atom is -0.485 e. The van der Waals surface area contributed by atoms with Gasteiger partial charge < -0.3 is 15.4 Å². The largest absolute Gasteiger partial charge is 0.485 e. The maximum Gasteiger partial charge on any atom is 0.276 e. The van der Waals surface area contributed by atoms with Crippen molar-refractivity contribution in [2.24, 2.45) is 11.7 Å². The average molecular weight is 299 g/mol. The van der Waals surface area contributed by atoms with E-state index in [0.717, 1.165) is 6.42 Å². The summed E-state index contributed by atoms with van der Waals surface area (Å²) >= 11 is 0. The van der Waals surface area contributed by atoms with Gasteiger partial charge in [0.05, 0.1) is 0 Å². The van der Waals surface area contributed by atoms with Gasteiger partial charge in [-0.05, 0) is 37.9 Å². The van der Waals surface area contributed by atoms with Crippen molar-refractivity contribution in [1.82, 2.24) is 9.88 Å². The Morgan fingerprint density at radius 3 is 3.00 bits per heavy atom. The first-order chi connectivity index (χ1) is 10.0. The minimum atomic E-state index is -2.60. The molecule has 2 rings (SSSR count). The smallest absolute Gasteiger partial charge is 0.276 e. The maximum atomic E-state index is 12.5. The van der Waals surface area contributed by atoms with Crippen LogP contribution in [0, 0.1) is 5.92 Å². The molecule has 1 aromatic rings. The molecule has 116 valence electrons. The molecule has 0 spiro atoms. The van der Waals surface area contributed by atoms with E-state index in [0.29, 0.717) is 13.1 Å². The Bertz CT molecular complexity index is 499. The van der Waals surface area contributed by atoms with Gasteiger partial charge in [0, 0.05) is 18.8 Å². The second-order valence-corrected chi connectivity index (χ2v) is 5.20. The van der Waals surface area contributed by atoms with Crippen LogP contribution in [0.15, 0.2) is 18.3 Å². The van der Waals surface area contributed by atoms with E-state index in [1.165, 1.54) is 12.3 Å². The van der Waals surface area contributed by atoms with Crippen LogP contribution in [0.4, 0.5) is 8.78 Å². The molecule has 1 aliphatic heterocycles. The number of likely N-dealkylation sites (tertiary alicyclic amines) is 1. The van der Waals surface area contributed by atoms with Gasteiger partial charge in [-0.25, -0.2) is 13.8 Å². The highest BCUT2D eigenvalue weighted by Gasteiger charge is 2.33. The number of aromatic nitrogens is 1. The van der Waals surface area contributed by atoms with Crippen molar-refractivity contribution in [2.45, 2.75) is 25.8 Å². The van der Waals surface area contributed by atoms with Crippen molar-refractivity contribution in [3.05, 3.63) is 24.0 Å². The SMILES string of the molecule is CC1CC(CN)CN1C(=O)c1ncccc1OCC(F)F. The van der Waals surface area contributed by atoms with Crippen molar-refractivity contribution < 1.29 is 18.3 Å². The van der Waals surface area contributed by atoms with Crippen LogP contribution < -0.4 is 10.5 Å². The topological polar surface area (TPSA) is 68.5 Å². The van der Waals surface area contributed by atoms with E-state index in [1.54, 1.807) is 11.0 Å². The Morgan fingerprint density at radius 1 is 1.62 bits per heavy atom. The molecular formula is C14H19F2N3O2. The lowest BCUT2D eigenvalue weighted by Crippen LogP contribution is -2.35. The van der Waals surface area contributed by atoms with Gasteiger partial charge in [0.15, 0.2) is 11.4 Å². The second-order valence-electron chi connectivity index (χ2n) is 5.20. The standard InChI is InChI=1S/C14H19F2N3O2/c1-9-5-10(6-17)7-19(9)14(20)13-11(3-2-4-18-13)21-8-12(15)16/h2-4,9-10,12H,5-8,17H2,1H3. The van der Waals surface area contributed by atoms with Crippen LogP contribution in [0.2, 0.25) is 0 Å². The Labute approximate surface area is 122 Å². The van der Waals surface area contributed by atoms with Gasteiger partial charge >= 0.3 is 0 Å². The van der Waals surface area contributed by atoms with E-state index in [2.05, 4.69) is 4.98 Å². The molecule has 1 saturated heterocycles. The van der Waals surface area contributed by atoms with E-state index in [1.807, 2.05) is 6.92 Å². The number of pyridine rings is 1. The van der Waals surface area contributed by atoms with Crippen molar-refractivity contribution in [3.63, 3.8) is 0 Å². The number of hydrogen-bond acceptors (Lipinski definition) is 4. The number of nitrogens with zero attached hydrogens (tertiary/aromatic N) is 2. The van der Waals surface area contributed by atoms with Crippen LogP contribution >= 0.6 is 0 Å². The summed E-state index contributed by atoms with van der Waals surface area (Å²) in [5.41, 5.74) is 5.72. The average Bonchev–Trinajstić information content (AvgIpc) is 2.86. The van der Waals surface area contributed by atoms with E-state index < -0.39 is 13.0 Å². The molecule has 0 aromatic carbocycles.